The van der Waals surface area contributed by atoms with Gasteiger partial charge in [0.15, 0.2) is 0 Å². The van der Waals surface area contributed by atoms with Crippen molar-refractivity contribution in [3.8, 4) is 17.6 Å². The van der Waals surface area contributed by atoms with Crippen LogP contribution >= 0.6 is 0 Å². The number of rotatable bonds is 6. The zero-order valence-electron chi connectivity index (χ0n) is 17.1. The van der Waals surface area contributed by atoms with E-state index in [1.165, 1.54) is 11.1 Å². The second kappa shape index (κ2) is 8.35. The molecule has 0 unspecified atom stereocenters. The number of hydrogen-bond donors (Lipinski definition) is 0. The van der Waals surface area contributed by atoms with Gasteiger partial charge in [0, 0.05) is 5.39 Å². The molecular formula is C25H27NO2. The fraction of sp³-hybridized carbons (Fsp3) is 0.320. The molecule has 0 aliphatic carbocycles. The molecule has 0 radical (unpaired) electrons. The highest BCUT2D eigenvalue weighted by molar-refractivity contribution is 5.90. The average molecular weight is 373 g/mol. The Kier molecular flexibility index (Phi) is 5.90. The molecule has 0 heterocycles. The Balaban J connectivity index is 1.70. The van der Waals surface area contributed by atoms with Crippen LogP contribution in [0.5, 0.6) is 11.5 Å². The lowest BCUT2D eigenvalue weighted by Gasteiger charge is -2.23. The smallest absolute Gasteiger partial charge is 0.137 e. The first-order valence-electron chi connectivity index (χ1n) is 9.75. The summed E-state index contributed by atoms with van der Waals surface area (Å²) in [6.07, 6.45) is 1.01. The fourth-order valence-electron chi connectivity index (χ4n) is 3.30. The number of aryl methyl sites for hydroxylation is 1. The van der Waals surface area contributed by atoms with Gasteiger partial charge in [-0.2, -0.15) is 5.26 Å². The third kappa shape index (κ3) is 4.28. The molecule has 0 aromatic heterocycles. The quantitative estimate of drug-likeness (QED) is 0.496. The average Bonchev–Trinajstić information content (AvgIpc) is 2.70. The summed E-state index contributed by atoms with van der Waals surface area (Å²) in [7, 11) is 0. The fourth-order valence-corrected chi connectivity index (χ4v) is 3.30. The molecule has 0 amide bonds. The topological polar surface area (TPSA) is 42.2 Å². The predicted octanol–water partition coefficient (Wildman–Crippen LogP) is 6.03. The number of hydrogen-bond acceptors (Lipinski definition) is 3. The minimum absolute atomic E-state index is 0.00763. The van der Waals surface area contributed by atoms with Crippen molar-refractivity contribution in [1.82, 2.24) is 0 Å². The van der Waals surface area contributed by atoms with E-state index in [1.54, 1.807) is 0 Å². The molecule has 3 aromatic rings. The van der Waals surface area contributed by atoms with Gasteiger partial charge in [0.25, 0.3) is 0 Å². The van der Waals surface area contributed by atoms with E-state index in [0.29, 0.717) is 24.5 Å². The van der Waals surface area contributed by atoms with Gasteiger partial charge in [-0.15, -0.1) is 0 Å². The molecule has 0 spiro atoms. The van der Waals surface area contributed by atoms with Crippen molar-refractivity contribution in [2.75, 3.05) is 13.2 Å². The van der Waals surface area contributed by atoms with Crippen LogP contribution in [-0.2, 0) is 11.8 Å². The number of benzene rings is 3. The Labute approximate surface area is 167 Å². The van der Waals surface area contributed by atoms with Gasteiger partial charge in [0.05, 0.1) is 0 Å². The highest BCUT2D eigenvalue weighted by Gasteiger charge is 2.19. The molecule has 0 N–H and O–H groups in total. The first kappa shape index (κ1) is 19.8. The summed E-state index contributed by atoms with van der Waals surface area (Å²) in [5.41, 5.74) is 3.09. The van der Waals surface area contributed by atoms with Crippen LogP contribution in [0.15, 0.2) is 54.6 Å². The van der Waals surface area contributed by atoms with Crippen molar-refractivity contribution < 1.29 is 9.47 Å². The van der Waals surface area contributed by atoms with Crippen LogP contribution in [0.3, 0.4) is 0 Å². The summed E-state index contributed by atoms with van der Waals surface area (Å²) in [5.74, 6) is 1.49. The molecule has 0 aliphatic rings. The molecule has 28 heavy (non-hydrogen) atoms. The first-order chi connectivity index (χ1) is 13.4. The minimum Gasteiger partial charge on any atom is -0.490 e. The maximum Gasteiger partial charge on any atom is 0.137 e. The molecule has 3 rings (SSSR count). The van der Waals surface area contributed by atoms with E-state index in [2.05, 4.69) is 52.0 Å². The lowest BCUT2D eigenvalue weighted by atomic mass is 9.85. The molecule has 144 valence electrons. The molecule has 3 aromatic carbocycles. The van der Waals surface area contributed by atoms with Crippen LogP contribution in [0.2, 0.25) is 0 Å². The Bertz CT molecular complexity index is 1010. The highest BCUT2D eigenvalue weighted by Crippen LogP contribution is 2.32. The van der Waals surface area contributed by atoms with Crippen molar-refractivity contribution >= 4 is 10.8 Å². The Morgan fingerprint density at radius 3 is 2.25 bits per heavy atom. The van der Waals surface area contributed by atoms with E-state index in [0.717, 1.165) is 22.9 Å². The lowest BCUT2D eigenvalue weighted by Crippen LogP contribution is -2.16. The number of fused-ring (bicyclic) bond motifs is 1. The Morgan fingerprint density at radius 1 is 0.893 bits per heavy atom. The van der Waals surface area contributed by atoms with E-state index in [1.807, 2.05) is 36.4 Å². The lowest BCUT2D eigenvalue weighted by molar-refractivity contribution is 0.214. The maximum atomic E-state index is 9.57. The monoisotopic (exact) mass is 373 g/mol. The maximum absolute atomic E-state index is 9.57. The van der Waals surface area contributed by atoms with Gasteiger partial charge in [0.2, 0.25) is 0 Å². The summed E-state index contributed by atoms with van der Waals surface area (Å²) >= 11 is 0. The van der Waals surface area contributed by atoms with E-state index in [9.17, 15) is 5.26 Å². The minimum atomic E-state index is 0.00763. The van der Waals surface area contributed by atoms with Gasteiger partial charge >= 0.3 is 0 Å². The molecule has 0 atom stereocenters. The number of nitriles is 1. The van der Waals surface area contributed by atoms with Gasteiger partial charge in [-0.1, -0.05) is 70.2 Å². The van der Waals surface area contributed by atoms with Crippen LogP contribution in [0, 0.1) is 11.3 Å². The van der Waals surface area contributed by atoms with E-state index in [4.69, 9.17) is 9.47 Å². The van der Waals surface area contributed by atoms with Crippen molar-refractivity contribution in [1.29, 1.82) is 5.26 Å². The van der Waals surface area contributed by atoms with E-state index in [-0.39, 0.29) is 5.41 Å². The SMILES string of the molecule is CCc1ccc(OCCOc2ccc3ccccc3c2C#N)c(C(C)(C)C)c1. The molecule has 0 saturated carbocycles. The molecule has 0 saturated heterocycles. The van der Waals surface area contributed by atoms with Crippen LogP contribution in [0.25, 0.3) is 10.8 Å². The summed E-state index contributed by atoms with van der Waals surface area (Å²) in [6.45, 7) is 9.54. The number of ether oxygens (including phenoxy) is 2. The van der Waals surface area contributed by atoms with Crippen molar-refractivity contribution in [2.24, 2.45) is 0 Å². The second-order valence-electron chi connectivity index (χ2n) is 7.90. The zero-order valence-corrected chi connectivity index (χ0v) is 17.1. The molecule has 3 heteroatoms. The van der Waals surface area contributed by atoms with Gasteiger partial charge in [0.1, 0.15) is 36.3 Å². The predicted molar refractivity (Wildman–Crippen MR) is 114 cm³/mol. The van der Waals surface area contributed by atoms with Crippen LogP contribution < -0.4 is 9.47 Å². The molecular weight excluding hydrogens is 346 g/mol. The Morgan fingerprint density at radius 2 is 1.57 bits per heavy atom. The largest absolute Gasteiger partial charge is 0.490 e. The Hall–Kier alpha value is -2.99. The highest BCUT2D eigenvalue weighted by atomic mass is 16.5. The van der Waals surface area contributed by atoms with Gasteiger partial charge in [-0.05, 0) is 40.5 Å². The van der Waals surface area contributed by atoms with Crippen molar-refractivity contribution in [3.05, 3.63) is 71.3 Å². The van der Waals surface area contributed by atoms with Gasteiger partial charge in [-0.25, -0.2) is 0 Å². The standard InChI is InChI=1S/C25H27NO2/c1-5-18-10-12-24(22(16-18)25(2,3)4)28-15-14-27-23-13-11-19-8-6-7-9-20(19)21(23)17-26/h6-13,16H,5,14-15H2,1-4H3. The van der Waals surface area contributed by atoms with Gasteiger partial charge < -0.3 is 9.47 Å². The third-order valence-corrected chi connectivity index (χ3v) is 4.86. The normalized spacial score (nSPS) is 11.2. The summed E-state index contributed by atoms with van der Waals surface area (Å²) in [6, 6.07) is 20.4. The van der Waals surface area contributed by atoms with E-state index >= 15 is 0 Å². The molecule has 0 fully saturated rings. The van der Waals surface area contributed by atoms with Crippen LogP contribution in [-0.4, -0.2) is 13.2 Å². The van der Waals surface area contributed by atoms with Crippen molar-refractivity contribution in [2.45, 2.75) is 39.5 Å². The van der Waals surface area contributed by atoms with E-state index < -0.39 is 0 Å². The molecule has 3 nitrogen and oxygen atoms in total. The third-order valence-electron chi connectivity index (χ3n) is 4.86. The second-order valence-corrected chi connectivity index (χ2v) is 7.90. The number of nitrogens with zero attached hydrogens (tertiary/aromatic N) is 1. The molecule has 0 bridgehead atoms. The van der Waals surface area contributed by atoms with Crippen LogP contribution in [0.1, 0.15) is 44.4 Å². The summed E-state index contributed by atoms with van der Waals surface area (Å²) < 4.78 is 11.9. The zero-order chi connectivity index (χ0) is 20.1. The van der Waals surface area contributed by atoms with Crippen molar-refractivity contribution in [3.63, 3.8) is 0 Å². The van der Waals surface area contributed by atoms with Gasteiger partial charge in [-0.3, -0.25) is 0 Å². The molecule has 0 aliphatic heterocycles. The summed E-state index contributed by atoms with van der Waals surface area (Å²) in [4.78, 5) is 0. The summed E-state index contributed by atoms with van der Waals surface area (Å²) in [5, 5.41) is 11.5. The first-order valence-corrected chi connectivity index (χ1v) is 9.75. The van der Waals surface area contributed by atoms with Crippen LogP contribution in [0.4, 0.5) is 0 Å².